The molecule has 1 aromatic heterocycles. The number of aryl methyl sites for hydroxylation is 2. The number of rotatable bonds is 6. The summed E-state index contributed by atoms with van der Waals surface area (Å²) in [4.78, 5) is 23.7. The monoisotopic (exact) mass is 301 g/mol. The van der Waals surface area contributed by atoms with Gasteiger partial charge in [0.2, 0.25) is 0 Å². The fourth-order valence-corrected chi connectivity index (χ4v) is 2.31. The second-order valence-electron chi connectivity index (χ2n) is 4.92. The Balaban J connectivity index is 2.22. The zero-order chi connectivity index (χ0) is 16.1. The summed E-state index contributed by atoms with van der Waals surface area (Å²) in [6, 6.07) is 9.15. The van der Waals surface area contributed by atoms with Gasteiger partial charge in [-0.05, 0) is 23.6 Å². The van der Waals surface area contributed by atoms with Crippen molar-refractivity contribution in [3.63, 3.8) is 0 Å². The Kier molecular flexibility index (Phi) is 4.99. The standard InChI is InChI=1S/C17H19NO4/c1-3-11-10-14(22-13(11)4-2)16(19)18-15(17(20)21)12-8-6-5-7-9-12/h5-10,15H,3-4H2,1-2H3,(H,18,19)(H,20,21)/t15-/m0/s1. The van der Waals surface area contributed by atoms with E-state index in [-0.39, 0.29) is 5.76 Å². The highest BCUT2D eigenvalue weighted by Crippen LogP contribution is 2.19. The van der Waals surface area contributed by atoms with Crippen molar-refractivity contribution < 1.29 is 19.1 Å². The molecule has 0 radical (unpaired) electrons. The number of carbonyl (C=O) groups excluding carboxylic acids is 1. The van der Waals surface area contributed by atoms with Gasteiger partial charge >= 0.3 is 5.97 Å². The number of hydrogen-bond acceptors (Lipinski definition) is 3. The van der Waals surface area contributed by atoms with Crippen LogP contribution in [0.15, 0.2) is 40.8 Å². The largest absolute Gasteiger partial charge is 0.479 e. The molecule has 5 nitrogen and oxygen atoms in total. The van der Waals surface area contributed by atoms with E-state index in [0.29, 0.717) is 12.0 Å². The van der Waals surface area contributed by atoms with Crippen LogP contribution in [0, 0.1) is 0 Å². The lowest BCUT2D eigenvalue weighted by molar-refractivity contribution is -0.139. The first-order valence-corrected chi connectivity index (χ1v) is 7.27. The molecule has 0 fully saturated rings. The van der Waals surface area contributed by atoms with E-state index >= 15 is 0 Å². The zero-order valence-electron chi connectivity index (χ0n) is 12.6. The minimum absolute atomic E-state index is 0.149. The molecule has 0 unspecified atom stereocenters. The normalized spacial score (nSPS) is 11.9. The average molecular weight is 301 g/mol. The van der Waals surface area contributed by atoms with Crippen molar-refractivity contribution >= 4 is 11.9 Å². The highest BCUT2D eigenvalue weighted by molar-refractivity contribution is 5.94. The van der Waals surface area contributed by atoms with E-state index < -0.39 is 17.9 Å². The number of benzene rings is 1. The number of carboxylic acids is 1. The Morgan fingerprint density at radius 1 is 1.18 bits per heavy atom. The van der Waals surface area contributed by atoms with Crippen LogP contribution >= 0.6 is 0 Å². The summed E-state index contributed by atoms with van der Waals surface area (Å²) in [7, 11) is 0. The van der Waals surface area contributed by atoms with Gasteiger partial charge in [0.1, 0.15) is 5.76 Å². The molecule has 1 atom stereocenters. The van der Waals surface area contributed by atoms with Crippen LogP contribution in [0.3, 0.4) is 0 Å². The molecule has 0 aliphatic heterocycles. The summed E-state index contributed by atoms with van der Waals surface area (Å²) >= 11 is 0. The van der Waals surface area contributed by atoms with Crippen molar-refractivity contribution in [1.29, 1.82) is 0 Å². The third kappa shape index (κ3) is 3.36. The molecule has 0 saturated heterocycles. The van der Waals surface area contributed by atoms with Gasteiger partial charge in [-0.3, -0.25) is 4.79 Å². The van der Waals surface area contributed by atoms with Gasteiger partial charge in [0.05, 0.1) is 0 Å². The smallest absolute Gasteiger partial charge is 0.330 e. The summed E-state index contributed by atoms with van der Waals surface area (Å²) in [6.45, 7) is 3.93. The molecule has 5 heteroatoms. The topological polar surface area (TPSA) is 79.5 Å². The summed E-state index contributed by atoms with van der Waals surface area (Å²) in [5.74, 6) is -0.724. The van der Waals surface area contributed by atoms with Crippen LogP contribution in [0.4, 0.5) is 0 Å². The Morgan fingerprint density at radius 2 is 1.86 bits per heavy atom. The van der Waals surface area contributed by atoms with Gasteiger partial charge in [0.25, 0.3) is 5.91 Å². The maximum absolute atomic E-state index is 12.3. The van der Waals surface area contributed by atoms with E-state index in [1.807, 2.05) is 13.8 Å². The Hall–Kier alpha value is -2.56. The molecular formula is C17H19NO4. The van der Waals surface area contributed by atoms with Gasteiger partial charge in [-0.1, -0.05) is 44.2 Å². The van der Waals surface area contributed by atoms with Gasteiger partial charge < -0.3 is 14.8 Å². The second kappa shape index (κ2) is 6.93. The molecule has 0 aliphatic carbocycles. The second-order valence-corrected chi connectivity index (χ2v) is 4.92. The van der Waals surface area contributed by atoms with E-state index in [2.05, 4.69) is 5.32 Å². The van der Waals surface area contributed by atoms with Crippen molar-refractivity contribution in [2.45, 2.75) is 32.7 Å². The third-order valence-electron chi connectivity index (χ3n) is 3.48. The summed E-state index contributed by atoms with van der Waals surface area (Å²) < 4.78 is 5.53. The fourth-order valence-electron chi connectivity index (χ4n) is 2.31. The maximum atomic E-state index is 12.3. The number of aliphatic carboxylic acids is 1. The molecular weight excluding hydrogens is 282 g/mol. The molecule has 2 N–H and O–H groups in total. The molecule has 1 amide bonds. The van der Waals surface area contributed by atoms with Gasteiger partial charge in [0.15, 0.2) is 11.8 Å². The van der Waals surface area contributed by atoms with E-state index in [0.717, 1.165) is 17.7 Å². The summed E-state index contributed by atoms with van der Waals surface area (Å²) in [5, 5.41) is 11.8. The number of carbonyl (C=O) groups is 2. The highest BCUT2D eigenvalue weighted by atomic mass is 16.4. The molecule has 0 spiro atoms. The van der Waals surface area contributed by atoms with Crippen LogP contribution in [0.25, 0.3) is 0 Å². The predicted molar refractivity (Wildman–Crippen MR) is 81.7 cm³/mol. The molecule has 0 saturated carbocycles. The summed E-state index contributed by atoms with van der Waals surface area (Å²) in [5.41, 5.74) is 1.49. The molecule has 1 aromatic carbocycles. The van der Waals surface area contributed by atoms with Crippen molar-refractivity contribution in [1.82, 2.24) is 5.32 Å². The van der Waals surface area contributed by atoms with Crippen LogP contribution in [0.2, 0.25) is 0 Å². The lowest BCUT2D eigenvalue weighted by Crippen LogP contribution is -2.33. The maximum Gasteiger partial charge on any atom is 0.330 e. The molecule has 22 heavy (non-hydrogen) atoms. The zero-order valence-corrected chi connectivity index (χ0v) is 12.6. The molecule has 0 aliphatic rings. The highest BCUT2D eigenvalue weighted by Gasteiger charge is 2.24. The first-order chi connectivity index (χ1) is 10.6. The molecule has 116 valence electrons. The van der Waals surface area contributed by atoms with E-state index in [4.69, 9.17) is 4.42 Å². The minimum atomic E-state index is -1.11. The van der Waals surface area contributed by atoms with Crippen LogP contribution in [-0.4, -0.2) is 17.0 Å². The number of hydrogen-bond donors (Lipinski definition) is 2. The predicted octanol–water partition coefficient (Wildman–Crippen LogP) is 2.96. The number of amides is 1. The Labute approximate surface area is 129 Å². The first kappa shape index (κ1) is 15.8. The van der Waals surface area contributed by atoms with E-state index in [9.17, 15) is 14.7 Å². The average Bonchev–Trinajstić information content (AvgIpc) is 2.96. The van der Waals surface area contributed by atoms with Crippen molar-refractivity contribution in [3.05, 3.63) is 59.0 Å². The van der Waals surface area contributed by atoms with Crippen molar-refractivity contribution in [3.8, 4) is 0 Å². The van der Waals surface area contributed by atoms with Crippen molar-refractivity contribution in [2.24, 2.45) is 0 Å². The first-order valence-electron chi connectivity index (χ1n) is 7.27. The van der Waals surface area contributed by atoms with Gasteiger partial charge in [-0.15, -0.1) is 0 Å². The Bertz CT molecular complexity index is 639. The summed E-state index contributed by atoms with van der Waals surface area (Å²) in [6.07, 6.45) is 1.46. The number of carboxylic acid groups (broad SMARTS) is 1. The van der Waals surface area contributed by atoms with Gasteiger partial charge in [-0.25, -0.2) is 4.79 Å². The van der Waals surface area contributed by atoms with E-state index in [1.165, 1.54) is 0 Å². The fraction of sp³-hybridized carbons (Fsp3) is 0.294. The van der Waals surface area contributed by atoms with Gasteiger partial charge in [0, 0.05) is 6.42 Å². The SMILES string of the molecule is CCc1cc(C(=O)N[C@H](C(=O)O)c2ccccc2)oc1CC. The molecule has 2 rings (SSSR count). The third-order valence-corrected chi connectivity index (χ3v) is 3.48. The van der Waals surface area contributed by atoms with Gasteiger partial charge in [-0.2, -0.15) is 0 Å². The minimum Gasteiger partial charge on any atom is -0.479 e. The van der Waals surface area contributed by atoms with E-state index in [1.54, 1.807) is 36.4 Å². The van der Waals surface area contributed by atoms with Crippen LogP contribution in [-0.2, 0) is 17.6 Å². The molecule has 0 bridgehead atoms. The number of nitrogens with one attached hydrogen (secondary N) is 1. The quantitative estimate of drug-likeness (QED) is 0.859. The van der Waals surface area contributed by atoms with Crippen LogP contribution in [0.5, 0.6) is 0 Å². The molecule has 2 aromatic rings. The Morgan fingerprint density at radius 3 is 2.36 bits per heavy atom. The van der Waals surface area contributed by atoms with Crippen LogP contribution in [0.1, 0.15) is 47.3 Å². The number of furan rings is 1. The lowest BCUT2D eigenvalue weighted by Gasteiger charge is -2.13. The lowest BCUT2D eigenvalue weighted by atomic mass is 10.1. The molecule has 1 heterocycles. The van der Waals surface area contributed by atoms with Crippen molar-refractivity contribution in [2.75, 3.05) is 0 Å². The van der Waals surface area contributed by atoms with Crippen LogP contribution < -0.4 is 5.32 Å².